The summed E-state index contributed by atoms with van der Waals surface area (Å²) in [5.41, 5.74) is -0.353. The monoisotopic (exact) mass is 286 g/mol. The van der Waals surface area contributed by atoms with E-state index in [0.717, 1.165) is 12.2 Å². The Morgan fingerprint density at radius 2 is 1.56 bits per heavy atom. The van der Waals surface area contributed by atoms with Gasteiger partial charge in [0.1, 0.15) is 11.4 Å². The van der Waals surface area contributed by atoms with Gasteiger partial charge in [0.05, 0.1) is 0 Å². The molecule has 0 aliphatic carbocycles. The fraction of sp³-hybridized carbons (Fsp3) is 0.714. The molecule has 0 unspecified atom stereocenters. The summed E-state index contributed by atoms with van der Waals surface area (Å²) in [6, 6.07) is 0. The fourth-order valence-electron chi connectivity index (χ4n) is 1.75. The lowest BCUT2D eigenvalue weighted by atomic mass is 10.1. The molecule has 106 valence electrons. The molecule has 0 aliphatic heterocycles. The van der Waals surface area contributed by atoms with Crippen molar-refractivity contribution in [1.82, 2.24) is 0 Å². The molecule has 0 bridgehead atoms. The summed E-state index contributed by atoms with van der Waals surface area (Å²) in [7, 11) is -3.22. The first-order valence-corrected chi connectivity index (χ1v) is 13.4. The van der Waals surface area contributed by atoms with Gasteiger partial charge in [0.15, 0.2) is 8.32 Å². The molecule has 0 amide bonds. The first-order valence-electron chi connectivity index (χ1n) is 6.58. The minimum absolute atomic E-state index is 0.353. The zero-order valence-electron chi connectivity index (χ0n) is 13.4. The highest BCUT2D eigenvalue weighted by Gasteiger charge is 2.34. The lowest BCUT2D eigenvalue weighted by Crippen LogP contribution is -2.42. The Labute approximate surface area is 115 Å². The Hall–Kier alpha value is -0.326. The maximum Gasteiger partial charge on any atom is 0.241 e. The smallest absolute Gasteiger partial charge is 0.241 e. The van der Waals surface area contributed by atoms with Gasteiger partial charge in [0.25, 0.3) is 0 Å². The van der Waals surface area contributed by atoms with Crippen LogP contribution in [0, 0.1) is 0 Å². The van der Waals surface area contributed by atoms with Gasteiger partial charge < -0.3 is 8.85 Å². The van der Waals surface area contributed by atoms with Crippen molar-refractivity contribution in [2.45, 2.75) is 65.2 Å². The van der Waals surface area contributed by atoms with E-state index in [1.807, 2.05) is 6.08 Å². The molecular weight excluding hydrogens is 256 g/mol. The predicted octanol–water partition coefficient (Wildman–Crippen LogP) is 4.93. The van der Waals surface area contributed by atoms with Gasteiger partial charge in [-0.3, -0.25) is 0 Å². The third-order valence-corrected chi connectivity index (χ3v) is 4.00. The summed E-state index contributed by atoms with van der Waals surface area (Å²) in [6.07, 6.45) is 4.81. The van der Waals surface area contributed by atoms with Gasteiger partial charge in [-0.2, -0.15) is 0 Å². The highest BCUT2D eigenvalue weighted by molar-refractivity contribution is 6.70. The first-order chi connectivity index (χ1) is 7.87. The Kier molecular flexibility index (Phi) is 6.10. The lowest BCUT2D eigenvalue weighted by molar-refractivity contribution is 0.0934. The van der Waals surface area contributed by atoms with Gasteiger partial charge >= 0.3 is 0 Å². The van der Waals surface area contributed by atoms with E-state index in [1.54, 1.807) is 0 Å². The van der Waals surface area contributed by atoms with E-state index < -0.39 is 16.6 Å². The quantitative estimate of drug-likeness (QED) is 0.375. The van der Waals surface area contributed by atoms with Crippen LogP contribution >= 0.6 is 0 Å². The maximum absolute atomic E-state index is 6.26. The van der Waals surface area contributed by atoms with Crippen molar-refractivity contribution >= 4 is 16.6 Å². The van der Waals surface area contributed by atoms with Crippen LogP contribution in [0.3, 0.4) is 0 Å². The standard InChI is InChI=1S/C14H30O2Si2/c1-10-11-12-13(15-17(4,5)6)14(2,3)16-18(7,8)9/h10,12H,1,11H2,2-9H3/b13-12-. The second-order valence-electron chi connectivity index (χ2n) is 7.03. The molecule has 0 heterocycles. The van der Waals surface area contributed by atoms with E-state index in [0.29, 0.717) is 0 Å². The second kappa shape index (κ2) is 6.21. The van der Waals surface area contributed by atoms with E-state index in [2.05, 4.69) is 65.8 Å². The van der Waals surface area contributed by atoms with Crippen LogP contribution in [0.5, 0.6) is 0 Å². The fourth-order valence-corrected chi connectivity index (χ4v) is 4.37. The van der Waals surface area contributed by atoms with Crippen molar-refractivity contribution in [3.8, 4) is 0 Å². The minimum Gasteiger partial charge on any atom is -0.545 e. The molecule has 0 radical (unpaired) electrons. The molecule has 18 heavy (non-hydrogen) atoms. The molecule has 0 aromatic rings. The van der Waals surface area contributed by atoms with Crippen LogP contribution in [0.4, 0.5) is 0 Å². The molecule has 0 spiro atoms. The highest BCUT2D eigenvalue weighted by atomic mass is 28.4. The highest BCUT2D eigenvalue weighted by Crippen LogP contribution is 2.29. The molecule has 0 fully saturated rings. The van der Waals surface area contributed by atoms with Gasteiger partial charge in [-0.1, -0.05) is 6.08 Å². The molecule has 4 heteroatoms. The van der Waals surface area contributed by atoms with Crippen LogP contribution in [0.1, 0.15) is 20.3 Å². The molecule has 0 saturated carbocycles. The summed E-state index contributed by atoms with van der Waals surface area (Å²) in [6.45, 7) is 21.1. The normalized spacial score (nSPS) is 14.6. The van der Waals surface area contributed by atoms with Crippen molar-refractivity contribution < 1.29 is 8.85 Å². The zero-order chi connectivity index (χ0) is 14.6. The van der Waals surface area contributed by atoms with Crippen molar-refractivity contribution in [2.75, 3.05) is 0 Å². The van der Waals surface area contributed by atoms with Crippen LogP contribution < -0.4 is 0 Å². The second-order valence-corrected chi connectivity index (χ2v) is 15.9. The summed E-state index contributed by atoms with van der Waals surface area (Å²) in [4.78, 5) is 0. The first kappa shape index (κ1) is 17.7. The van der Waals surface area contributed by atoms with E-state index in [-0.39, 0.29) is 5.60 Å². The summed E-state index contributed by atoms with van der Waals surface area (Å²) < 4.78 is 12.5. The number of allylic oxidation sites excluding steroid dienone is 2. The molecule has 0 aromatic heterocycles. The largest absolute Gasteiger partial charge is 0.545 e. The van der Waals surface area contributed by atoms with Crippen LogP contribution in [-0.4, -0.2) is 22.2 Å². The van der Waals surface area contributed by atoms with Gasteiger partial charge in [-0.15, -0.1) is 6.58 Å². The average Bonchev–Trinajstić information content (AvgIpc) is 2.05. The van der Waals surface area contributed by atoms with Crippen LogP contribution in [-0.2, 0) is 8.85 Å². The Morgan fingerprint density at radius 3 is 1.89 bits per heavy atom. The van der Waals surface area contributed by atoms with E-state index >= 15 is 0 Å². The summed E-state index contributed by atoms with van der Waals surface area (Å²) in [5.74, 6) is 0.962. The Bertz CT molecular complexity index is 307. The minimum atomic E-state index is -1.62. The molecule has 0 atom stereocenters. The van der Waals surface area contributed by atoms with Crippen molar-refractivity contribution in [2.24, 2.45) is 0 Å². The van der Waals surface area contributed by atoms with Crippen LogP contribution in [0.15, 0.2) is 24.5 Å². The van der Waals surface area contributed by atoms with Gasteiger partial charge in [0.2, 0.25) is 8.32 Å². The predicted molar refractivity (Wildman–Crippen MR) is 85.8 cm³/mol. The molecule has 0 saturated heterocycles. The SMILES string of the molecule is C=CC/C=C(\O[Si](C)(C)C)C(C)(C)O[Si](C)(C)C. The maximum atomic E-state index is 6.26. The number of rotatable bonds is 7. The van der Waals surface area contributed by atoms with Crippen molar-refractivity contribution in [3.05, 3.63) is 24.5 Å². The summed E-state index contributed by atoms with van der Waals surface area (Å²) >= 11 is 0. The number of hydrogen-bond acceptors (Lipinski definition) is 2. The van der Waals surface area contributed by atoms with Gasteiger partial charge in [0, 0.05) is 0 Å². The van der Waals surface area contributed by atoms with Crippen LogP contribution in [0.2, 0.25) is 39.3 Å². The molecule has 0 N–H and O–H groups in total. The van der Waals surface area contributed by atoms with Crippen molar-refractivity contribution in [1.29, 1.82) is 0 Å². The van der Waals surface area contributed by atoms with E-state index in [9.17, 15) is 0 Å². The third-order valence-electron chi connectivity index (χ3n) is 2.04. The van der Waals surface area contributed by atoms with Gasteiger partial charge in [-0.25, -0.2) is 0 Å². The van der Waals surface area contributed by atoms with E-state index in [1.165, 1.54) is 0 Å². The van der Waals surface area contributed by atoms with Gasteiger partial charge in [-0.05, 0) is 65.6 Å². The van der Waals surface area contributed by atoms with E-state index in [4.69, 9.17) is 8.85 Å². The average molecular weight is 287 g/mol. The third kappa shape index (κ3) is 7.90. The Balaban J connectivity index is 5.11. The molecule has 0 aliphatic rings. The number of hydrogen-bond donors (Lipinski definition) is 0. The van der Waals surface area contributed by atoms with Crippen molar-refractivity contribution in [3.63, 3.8) is 0 Å². The molecule has 0 aromatic carbocycles. The molecule has 2 nitrogen and oxygen atoms in total. The summed E-state index contributed by atoms with van der Waals surface area (Å²) in [5, 5.41) is 0. The lowest BCUT2D eigenvalue weighted by Gasteiger charge is -2.37. The topological polar surface area (TPSA) is 18.5 Å². The molecule has 0 rings (SSSR count). The zero-order valence-corrected chi connectivity index (χ0v) is 15.4. The van der Waals surface area contributed by atoms with Crippen LogP contribution in [0.25, 0.3) is 0 Å². The molecular formula is C14H30O2Si2. The Morgan fingerprint density at radius 1 is 1.06 bits per heavy atom.